The van der Waals surface area contributed by atoms with E-state index in [1.54, 1.807) is 0 Å². The van der Waals surface area contributed by atoms with Crippen LogP contribution >= 0.6 is 0 Å². The molecule has 0 amide bonds. The Morgan fingerprint density at radius 2 is 0.964 bits per heavy atom. The largest absolute Gasteiger partial charge is 0.208 e. The molecular formula is C51H38N4. The van der Waals surface area contributed by atoms with Gasteiger partial charge >= 0.3 is 0 Å². The predicted molar refractivity (Wildman–Crippen MR) is 217 cm³/mol. The van der Waals surface area contributed by atoms with Crippen molar-refractivity contribution < 1.29 is 0 Å². The maximum absolute atomic E-state index is 9.98. The van der Waals surface area contributed by atoms with Crippen LogP contribution in [0.2, 0.25) is 0 Å². The number of nitrogens with zero attached hydrogens (tertiary/aromatic N) is 4. The third-order valence-corrected chi connectivity index (χ3v) is 13.9. The molecule has 6 aromatic carbocycles. The summed E-state index contributed by atoms with van der Waals surface area (Å²) in [5.74, 6) is 4.73. The van der Waals surface area contributed by atoms with Gasteiger partial charge in [-0.2, -0.15) is 5.26 Å². The zero-order valence-electron chi connectivity index (χ0n) is 30.5. The molecule has 0 radical (unpaired) electrons. The van der Waals surface area contributed by atoms with E-state index in [9.17, 15) is 5.26 Å². The van der Waals surface area contributed by atoms with E-state index in [0.29, 0.717) is 28.5 Å². The first-order chi connectivity index (χ1) is 27.1. The van der Waals surface area contributed by atoms with Gasteiger partial charge in [0.15, 0.2) is 17.5 Å². The molecule has 7 aromatic rings. The maximum atomic E-state index is 9.98. The number of aromatic nitrogens is 3. The number of hydrogen-bond donors (Lipinski definition) is 0. The normalized spacial score (nSPS) is 22.9. The molecule has 4 heteroatoms. The van der Waals surface area contributed by atoms with E-state index in [-0.39, 0.29) is 0 Å². The fraction of sp³-hybridized carbons (Fsp3) is 0.216. The van der Waals surface area contributed by atoms with Gasteiger partial charge in [-0.15, -0.1) is 0 Å². The van der Waals surface area contributed by atoms with Gasteiger partial charge < -0.3 is 0 Å². The molecule has 55 heavy (non-hydrogen) atoms. The topological polar surface area (TPSA) is 62.5 Å². The Kier molecular flexibility index (Phi) is 6.48. The Hall–Kier alpha value is -6.18. The fourth-order valence-corrected chi connectivity index (χ4v) is 12.1. The van der Waals surface area contributed by atoms with Gasteiger partial charge in [0.25, 0.3) is 0 Å². The van der Waals surface area contributed by atoms with Crippen molar-refractivity contribution in [2.24, 2.45) is 17.8 Å². The summed E-state index contributed by atoms with van der Waals surface area (Å²) in [6.45, 7) is 0. The Bertz CT molecular complexity index is 2680. The third kappa shape index (κ3) is 4.41. The first kappa shape index (κ1) is 31.2. The van der Waals surface area contributed by atoms with Crippen molar-refractivity contribution in [3.05, 3.63) is 173 Å². The number of rotatable bonds is 4. The summed E-state index contributed by atoms with van der Waals surface area (Å²) in [5, 5.41) is 9.98. The van der Waals surface area contributed by atoms with E-state index >= 15 is 0 Å². The van der Waals surface area contributed by atoms with Gasteiger partial charge in [0.05, 0.1) is 17.0 Å². The molecule has 1 heterocycles. The van der Waals surface area contributed by atoms with Gasteiger partial charge in [0, 0.05) is 16.7 Å². The summed E-state index contributed by atoms with van der Waals surface area (Å²) in [6, 6.07) is 52.4. The first-order valence-corrected chi connectivity index (χ1v) is 19.9. The molecule has 6 aliphatic rings. The van der Waals surface area contributed by atoms with E-state index in [1.807, 2.05) is 24.3 Å². The highest BCUT2D eigenvalue weighted by Crippen LogP contribution is 2.63. The summed E-state index contributed by atoms with van der Waals surface area (Å²) in [6.07, 6.45) is 8.39. The zero-order chi connectivity index (χ0) is 36.3. The molecule has 4 saturated carbocycles. The number of hydrogen-bond acceptors (Lipinski definition) is 4. The smallest absolute Gasteiger partial charge is 0.164 e. The van der Waals surface area contributed by atoms with Crippen molar-refractivity contribution in [3.8, 4) is 62.5 Å². The molecule has 0 saturated heterocycles. The molecule has 4 nitrogen and oxygen atoms in total. The highest BCUT2D eigenvalue weighted by Gasteiger charge is 2.53. The molecule has 6 aliphatic carbocycles. The lowest BCUT2D eigenvalue weighted by atomic mass is 9.48. The van der Waals surface area contributed by atoms with Crippen LogP contribution in [0.1, 0.15) is 71.9 Å². The molecule has 13 rings (SSSR count). The number of nitriles is 1. The zero-order valence-corrected chi connectivity index (χ0v) is 30.5. The minimum atomic E-state index is -0.535. The number of benzene rings is 6. The van der Waals surface area contributed by atoms with Crippen LogP contribution in [0, 0.1) is 29.1 Å². The van der Waals surface area contributed by atoms with Gasteiger partial charge in [0.2, 0.25) is 0 Å². The lowest BCUT2D eigenvalue weighted by Gasteiger charge is -2.57. The monoisotopic (exact) mass is 706 g/mol. The quantitative estimate of drug-likeness (QED) is 0.183. The SMILES string of the molecule is N#Cc1ccc2c(c1)-c1ccc(-c3nc(-c4ccccc4)nc(-c4ccc(C56CC7CC(CC(C7)C5)C6)cc4)n3)cc1C21c2ccccc2-c2ccccc21. The van der Waals surface area contributed by atoms with E-state index in [0.717, 1.165) is 45.6 Å². The average molecular weight is 707 g/mol. The van der Waals surface area contributed by atoms with Gasteiger partial charge in [-0.05, 0) is 130 Å². The molecule has 0 N–H and O–H groups in total. The Balaban J connectivity index is 1.03. The molecule has 0 unspecified atom stereocenters. The molecule has 1 spiro atoms. The van der Waals surface area contributed by atoms with Crippen molar-refractivity contribution in [2.75, 3.05) is 0 Å². The second-order valence-electron chi connectivity index (χ2n) is 16.9. The van der Waals surface area contributed by atoms with Crippen LogP contribution in [0.25, 0.3) is 56.4 Å². The Labute approximate surface area is 321 Å². The fourth-order valence-electron chi connectivity index (χ4n) is 12.1. The highest BCUT2D eigenvalue weighted by atomic mass is 15.0. The summed E-state index contributed by atoms with van der Waals surface area (Å²) in [5.41, 5.74) is 14.6. The molecule has 1 aromatic heterocycles. The molecule has 4 fully saturated rings. The van der Waals surface area contributed by atoms with Crippen molar-refractivity contribution in [2.45, 2.75) is 49.4 Å². The summed E-state index contributed by atoms with van der Waals surface area (Å²) < 4.78 is 0. The minimum Gasteiger partial charge on any atom is -0.208 e. The van der Waals surface area contributed by atoms with Gasteiger partial charge in [-0.3, -0.25) is 0 Å². The lowest BCUT2D eigenvalue weighted by Crippen LogP contribution is -2.48. The average Bonchev–Trinajstić information content (AvgIpc) is 3.70. The van der Waals surface area contributed by atoms with Crippen molar-refractivity contribution in [1.29, 1.82) is 5.26 Å². The van der Waals surface area contributed by atoms with Crippen LogP contribution in [-0.2, 0) is 10.8 Å². The van der Waals surface area contributed by atoms with Gasteiger partial charge in [0.1, 0.15) is 0 Å². The number of fused-ring (bicyclic) bond motifs is 10. The van der Waals surface area contributed by atoms with Crippen LogP contribution in [-0.4, -0.2) is 15.0 Å². The van der Waals surface area contributed by atoms with Crippen LogP contribution in [0.3, 0.4) is 0 Å². The van der Waals surface area contributed by atoms with Gasteiger partial charge in [-0.1, -0.05) is 121 Å². The maximum Gasteiger partial charge on any atom is 0.164 e. The van der Waals surface area contributed by atoms with E-state index in [1.165, 1.54) is 77.5 Å². The first-order valence-electron chi connectivity index (χ1n) is 19.9. The molecule has 4 bridgehead atoms. The standard InChI is InChI=1S/C51H38N4/c52-30-31-14-21-45-42(25-31)41-20-17-37(26-46(41)51(45)43-12-6-4-10-39(43)40-11-5-7-13-44(40)51)49-54-47(35-8-2-1-3-9-35)53-48(55-49)36-15-18-38(19-16-36)50-27-32-22-33(28-50)24-34(23-32)29-50/h1-21,25-26,32-34H,22-24,27-29H2. The van der Waals surface area contributed by atoms with Crippen molar-refractivity contribution in [1.82, 2.24) is 15.0 Å². The van der Waals surface area contributed by atoms with E-state index in [4.69, 9.17) is 15.0 Å². The molecule has 262 valence electrons. The lowest BCUT2D eigenvalue weighted by molar-refractivity contribution is -0.00518. The second kappa shape index (κ2) is 11.4. The van der Waals surface area contributed by atoms with Gasteiger partial charge in [-0.25, -0.2) is 15.0 Å². The summed E-state index contributed by atoms with van der Waals surface area (Å²) in [7, 11) is 0. The molecule has 0 atom stereocenters. The summed E-state index contributed by atoms with van der Waals surface area (Å²) in [4.78, 5) is 15.6. The predicted octanol–water partition coefficient (Wildman–Crippen LogP) is 11.6. The third-order valence-electron chi connectivity index (χ3n) is 13.9. The van der Waals surface area contributed by atoms with Crippen molar-refractivity contribution in [3.63, 3.8) is 0 Å². The van der Waals surface area contributed by atoms with Crippen LogP contribution < -0.4 is 0 Å². The minimum absolute atomic E-state index is 0.343. The Morgan fingerprint density at radius 1 is 0.455 bits per heavy atom. The van der Waals surface area contributed by atoms with E-state index in [2.05, 4.69) is 121 Å². The van der Waals surface area contributed by atoms with Crippen LogP contribution in [0.15, 0.2) is 140 Å². The van der Waals surface area contributed by atoms with Crippen LogP contribution in [0.4, 0.5) is 0 Å². The summed E-state index contributed by atoms with van der Waals surface area (Å²) >= 11 is 0. The second-order valence-corrected chi connectivity index (χ2v) is 16.9. The highest BCUT2D eigenvalue weighted by molar-refractivity contribution is 5.96. The van der Waals surface area contributed by atoms with Crippen LogP contribution in [0.5, 0.6) is 0 Å². The Morgan fingerprint density at radius 3 is 1.58 bits per heavy atom. The van der Waals surface area contributed by atoms with E-state index < -0.39 is 5.41 Å². The molecule has 0 aliphatic heterocycles. The molecular weight excluding hydrogens is 669 g/mol. The van der Waals surface area contributed by atoms with Crippen molar-refractivity contribution >= 4 is 0 Å².